The van der Waals surface area contributed by atoms with Crippen molar-refractivity contribution in [2.45, 2.75) is 13.0 Å². The van der Waals surface area contributed by atoms with E-state index in [9.17, 15) is 0 Å². The van der Waals surface area contributed by atoms with Crippen LogP contribution in [0.5, 0.6) is 5.88 Å². The van der Waals surface area contributed by atoms with E-state index in [-0.39, 0.29) is 6.10 Å². The first-order valence-corrected chi connectivity index (χ1v) is 4.53. The molecule has 72 valence electrons. The lowest BCUT2D eigenvalue weighted by atomic mass is 10.2. The van der Waals surface area contributed by atoms with Crippen LogP contribution in [0.25, 0.3) is 0 Å². The Hall–Kier alpha value is -0.650. The quantitative estimate of drug-likeness (QED) is 0.827. The Balaban J connectivity index is 3.07. The third-order valence-corrected chi connectivity index (χ3v) is 2.11. The fourth-order valence-corrected chi connectivity index (χ4v) is 1.33. The molecule has 1 unspecified atom stereocenters. The van der Waals surface area contributed by atoms with Gasteiger partial charge in [-0.1, -0.05) is 0 Å². The number of pyridine rings is 1. The SMILES string of the molecule is COc1ncc(Br)cc1C(C)ON. The first kappa shape index (κ1) is 10.4. The monoisotopic (exact) mass is 246 g/mol. The lowest BCUT2D eigenvalue weighted by Crippen LogP contribution is -2.07. The second-order valence-corrected chi connectivity index (χ2v) is 3.45. The Morgan fingerprint density at radius 2 is 2.31 bits per heavy atom. The lowest BCUT2D eigenvalue weighted by molar-refractivity contribution is 0.0641. The van der Waals surface area contributed by atoms with Crippen molar-refractivity contribution in [2.24, 2.45) is 5.90 Å². The van der Waals surface area contributed by atoms with Gasteiger partial charge in [-0.3, -0.25) is 4.84 Å². The number of methoxy groups -OCH3 is 1. The number of hydrogen-bond acceptors (Lipinski definition) is 4. The van der Waals surface area contributed by atoms with Gasteiger partial charge in [0, 0.05) is 16.2 Å². The van der Waals surface area contributed by atoms with Crippen LogP contribution in [-0.2, 0) is 4.84 Å². The molecule has 0 spiro atoms. The minimum atomic E-state index is -0.236. The first-order chi connectivity index (χ1) is 6.19. The van der Waals surface area contributed by atoms with Crippen LogP contribution in [0.3, 0.4) is 0 Å². The highest BCUT2D eigenvalue weighted by Gasteiger charge is 2.12. The zero-order valence-electron chi connectivity index (χ0n) is 7.45. The van der Waals surface area contributed by atoms with E-state index in [0.717, 1.165) is 10.0 Å². The molecule has 2 N–H and O–H groups in total. The summed E-state index contributed by atoms with van der Waals surface area (Å²) in [4.78, 5) is 8.75. The molecule has 0 bridgehead atoms. The number of aromatic nitrogens is 1. The zero-order chi connectivity index (χ0) is 9.84. The molecule has 1 heterocycles. The summed E-state index contributed by atoms with van der Waals surface area (Å²) in [7, 11) is 1.56. The minimum Gasteiger partial charge on any atom is -0.481 e. The van der Waals surface area contributed by atoms with E-state index in [0.29, 0.717) is 5.88 Å². The van der Waals surface area contributed by atoms with Gasteiger partial charge >= 0.3 is 0 Å². The van der Waals surface area contributed by atoms with Gasteiger partial charge in [-0.15, -0.1) is 0 Å². The van der Waals surface area contributed by atoms with E-state index in [1.54, 1.807) is 13.3 Å². The Morgan fingerprint density at radius 1 is 1.62 bits per heavy atom. The maximum atomic E-state index is 5.08. The van der Waals surface area contributed by atoms with Crippen molar-refractivity contribution < 1.29 is 9.57 Å². The van der Waals surface area contributed by atoms with Crippen molar-refractivity contribution >= 4 is 15.9 Å². The van der Waals surface area contributed by atoms with Gasteiger partial charge in [-0.25, -0.2) is 10.9 Å². The van der Waals surface area contributed by atoms with Gasteiger partial charge < -0.3 is 4.74 Å². The summed E-state index contributed by atoms with van der Waals surface area (Å²) >= 11 is 3.31. The molecule has 0 fully saturated rings. The van der Waals surface area contributed by atoms with E-state index in [4.69, 9.17) is 15.5 Å². The highest BCUT2D eigenvalue weighted by atomic mass is 79.9. The van der Waals surface area contributed by atoms with Crippen molar-refractivity contribution in [3.05, 3.63) is 22.3 Å². The van der Waals surface area contributed by atoms with Crippen LogP contribution in [0.15, 0.2) is 16.7 Å². The van der Waals surface area contributed by atoms with Crippen LogP contribution in [0, 0.1) is 0 Å². The summed E-state index contributed by atoms with van der Waals surface area (Å²) in [5.74, 6) is 5.61. The Morgan fingerprint density at radius 3 is 2.85 bits per heavy atom. The predicted molar refractivity (Wildman–Crippen MR) is 52.2 cm³/mol. The molecular formula is C8H11BrN2O2. The molecule has 13 heavy (non-hydrogen) atoms. The van der Waals surface area contributed by atoms with Crippen molar-refractivity contribution in [1.29, 1.82) is 0 Å². The average molecular weight is 247 g/mol. The summed E-state index contributed by atoms with van der Waals surface area (Å²) in [6.07, 6.45) is 1.42. The molecular weight excluding hydrogens is 236 g/mol. The molecule has 0 aromatic carbocycles. The Labute approximate surface area is 85.1 Å². The molecule has 1 rings (SSSR count). The predicted octanol–water partition coefficient (Wildman–Crippen LogP) is 1.80. The number of ether oxygens (including phenoxy) is 1. The second kappa shape index (κ2) is 4.55. The number of nitrogens with zero attached hydrogens (tertiary/aromatic N) is 1. The molecule has 0 aliphatic carbocycles. The molecule has 1 aromatic rings. The van der Waals surface area contributed by atoms with Crippen molar-refractivity contribution in [1.82, 2.24) is 4.98 Å². The molecule has 0 saturated heterocycles. The third-order valence-electron chi connectivity index (χ3n) is 1.68. The van der Waals surface area contributed by atoms with Crippen LogP contribution in [-0.4, -0.2) is 12.1 Å². The van der Waals surface area contributed by atoms with Gasteiger partial charge in [0.15, 0.2) is 0 Å². The molecule has 0 aliphatic heterocycles. The summed E-state index contributed by atoms with van der Waals surface area (Å²) < 4.78 is 5.92. The van der Waals surface area contributed by atoms with E-state index < -0.39 is 0 Å². The molecule has 0 radical (unpaired) electrons. The highest BCUT2D eigenvalue weighted by Crippen LogP contribution is 2.26. The molecule has 0 saturated carbocycles. The zero-order valence-corrected chi connectivity index (χ0v) is 9.04. The molecule has 5 heteroatoms. The van der Waals surface area contributed by atoms with Crippen LogP contribution < -0.4 is 10.6 Å². The van der Waals surface area contributed by atoms with Gasteiger partial charge in [0.05, 0.1) is 7.11 Å². The van der Waals surface area contributed by atoms with Crippen LogP contribution in [0.2, 0.25) is 0 Å². The summed E-state index contributed by atoms with van der Waals surface area (Å²) in [6, 6.07) is 1.86. The van der Waals surface area contributed by atoms with Crippen LogP contribution >= 0.6 is 15.9 Å². The van der Waals surface area contributed by atoms with E-state index in [1.165, 1.54) is 0 Å². The third kappa shape index (κ3) is 2.40. The Kier molecular flexibility index (Phi) is 3.65. The van der Waals surface area contributed by atoms with Gasteiger partial charge in [-0.2, -0.15) is 0 Å². The van der Waals surface area contributed by atoms with Crippen LogP contribution in [0.1, 0.15) is 18.6 Å². The fourth-order valence-electron chi connectivity index (χ4n) is 0.977. The average Bonchev–Trinajstić information content (AvgIpc) is 2.16. The molecule has 1 aromatic heterocycles. The van der Waals surface area contributed by atoms with Gasteiger partial charge in [0.1, 0.15) is 6.10 Å². The van der Waals surface area contributed by atoms with E-state index in [2.05, 4.69) is 20.9 Å². The lowest BCUT2D eigenvalue weighted by Gasteiger charge is -2.12. The second-order valence-electron chi connectivity index (χ2n) is 2.53. The van der Waals surface area contributed by atoms with Gasteiger partial charge in [-0.05, 0) is 28.9 Å². The largest absolute Gasteiger partial charge is 0.481 e. The topological polar surface area (TPSA) is 57.4 Å². The maximum Gasteiger partial charge on any atom is 0.219 e. The fraction of sp³-hybridized carbons (Fsp3) is 0.375. The number of nitrogens with two attached hydrogens (primary N) is 1. The molecule has 0 amide bonds. The molecule has 0 aliphatic rings. The van der Waals surface area contributed by atoms with Crippen molar-refractivity contribution in [3.63, 3.8) is 0 Å². The van der Waals surface area contributed by atoms with Gasteiger partial charge in [0.2, 0.25) is 5.88 Å². The standard InChI is InChI=1S/C8H11BrN2O2/c1-5(13-10)7-3-6(9)4-11-8(7)12-2/h3-5H,10H2,1-2H3. The number of halogens is 1. The molecule has 1 atom stereocenters. The van der Waals surface area contributed by atoms with Crippen molar-refractivity contribution in [2.75, 3.05) is 7.11 Å². The van der Waals surface area contributed by atoms with Crippen LogP contribution in [0.4, 0.5) is 0 Å². The maximum absolute atomic E-state index is 5.08. The first-order valence-electron chi connectivity index (χ1n) is 3.74. The molecule has 4 nitrogen and oxygen atoms in total. The van der Waals surface area contributed by atoms with Crippen molar-refractivity contribution in [3.8, 4) is 5.88 Å². The summed E-state index contributed by atoms with van der Waals surface area (Å²) in [6.45, 7) is 1.83. The normalized spacial score (nSPS) is 12.6. The van der Waals surface area contributed by atoms with Gasteiger partial charge in [0.25, 0.3) is 0 Å². The van der Waals surface area contributed by atoms with E-state index >= 15 is 0 Å². The summed E-state index contributed by atoms with van der Waals surface area (Å²) in [5, 5.41) is 0. The Bertz CT molecular complexity index is 293. The summed E-state index contributed by atoms with van der Waals surface area (Å²) in [5.41, 5.74) is 0.819. The number of rotatable bonds is 3. The minimum absolute atomic E-state index is 0.236. The highest BCUT2D eigenvalue weighted by molar-refractivity contribution is 9.10. The number of hydrogen-bond donors (Lipinski definition) is 1. The van der Waals surface area contributed by atoms with E-state index in [1.807, 2.05) is 13.0 Å². The smallest absolute Gasteiger partial charge is 0.219 e.